The van der Waals surface area contributed by atoms with Crippen molar-refractivity contribution in [2.24, 2.45) is 0 Å². The summed E-state index contributed by atoms with van der Waals surface area (Å²) in [6.07, 6.45) is 2.08. The number of rotatable bonds is 7. The van der Waals surface area contributed by atoms with Crippen molar-refractivity contribution in [2.45, 2.75) is 45.6 Å². The molecule has 1 fully saturated rings. The van der Waals surface area contributed by atoms with Crippen LogP contribution in [0.5, 0.6) is 5.75 Å². The van der Waals surface area contributed by atoms with Crippen LogP contribution < -0.4 is 10.1 Å². The molecule has 1 saturated carbocycles. The highest BCUT2D eigenvalue weighted by Gasteiger charge is 2.24. The molecule has 0 radical (unpaired) electrons. The highest BCUT2D eigenvalue weighted by atomic mass is 16.5. The number of nitrogens with zero attached hydrogens (tertiary/aromatic N) is 1. The maximum Gasteiger partial charge on any atom is 0.260 e. The monoisotopic (exact) mass is 318 g/mol. The highest BCUT2D eigenvalue weighted by molar-refractivity contribution is 5.85. The normalized spacial score (nSPS) is 13.8. The molecule has 0 aliphatic heterocycles. The van der Waals surface area contributed by atoms with Crippen LogP contribution in [0.1, 0.15) is 43.7 Å². The van der Waals surface area contributed by atoms with E-state index in [0.717, 1.165) is 29.7 Å². The van der Waals surface area contributed by atoms with E-state index >= 15 is 0 Å². The Morgan fingerprint density at radius 3 is 2.65 bits per heavy atom. The van der Waals surface area contributed by atoms with Gasteiger partial charge in [0, 0.05) is 13.1 Å². The molecule has 1 aromatic carbocycles. The summed E-state index contributed by atoms with van der Waals surface area (Å²) in [5, 5.41) is 2.87. The molecule has 5 nitrogen and oxygen atoms in total. The van der Waals surface area contributed by atoms with Crippen LogP contribution in [0.25, 0.3) is 0 Å². The molecular formula is C18H26N2O3. The van der Waals surface area contributed by atoms with Crippen molar-refractivity contribution < 1.29 is 14.3 Å². The van der Waals surface area contributed by atoms with Crippen LogP contribution in [0.2, 0.25) is 0 Å². The van der Waals surface area contributed by atoms with E-state index in [-0.39, 0.29) is 25.0 Å². The number of hydrogen-bond acceptors (Lipinski definition) is 3. The van der Waals surface area contributed by atoms with Gasteiger partial charge in [0.2, 0.25) is 5.91 Å². The van der Waals surface area contributed by atoms with E-state index in [1.165, 1.54) is 4.90 Å². The molecule has 1 aliphatic carbocycles. The summed E-state index contributed by atoms with van der Waals surface area (Å²) in [7, 11) is 1.62. The van der Waals surface area contributed by atoms with Crippen LogP contribution in [0.15, 0.2) is 18.2 Å². The Bertz CT molecular complexity index is 580. The van der Waals surface area contributed by atoms with Gasteiger partial charge in [0.15, 0.2) is 6.61 Å². The summed E-state index contributed by atoms with van der Waals surface area (Å²) in [5.74, 6) is 0.751. The van der Waals surface area contributed by atoms with Gasteiger partial charge in [0.05, 0.1) is 6.54 Å². The second-order valence-electron chi connectivity index (χ2n) is 6.58. The number of nitrogens with one attached hydrogen (secondary N) is 1. The van der Waals surface area contributed by atoms with Crippen LogP contribution in [0.3, 0.4) is 0 Å². The average Bonchev–Trinajstić information content (AvgIpc) is 3.28. The average molecular weight is 318 g/mol. The van der Waals surface area contributed by atoms with Crippen molar-refractivity contribution in [3.8, 4) is 5.75 Å². The predicted molar refractivity (Wildman–Crippen MR) is 89.6 cm³/mol. The molecule has 5 heteroatoms. The van der Waals surface area contributed by atoms with Crippen molar-refractivity contribution in [1.29, 1.82) is 0 Å². The van der Waals surface area contributed by atoms with E-state index in [4.69, 9.17) is 4.74 Å². The van der Waals surface area contributed by atoms with Crippen LogP contribution >= 0.6 is 0 Å². The Hall–Kier alpha value is -2.04. The zero-order chi connectivity index (χ0) is 17.0. The fourth-order valence-electron chi connectivity index (χ4n) is 2.30. The number of carbonyl (C=O) groups excluding carboxylic acids is 2. The molecule has 126 valence electrons. The minimum Gasteiger partial charge on any atom is -0.483 e. The van der Waals surface area contributed by atoms with Gasteiger partial charge in [0.1, 0.15) is 5.75 Å². The molecule has 1 aliphatic rings. The van der Waals surface area contributed by atoms with E-state index in [1.807, 2.05) is 25.1 Å². The Morgan fingerprint density at radius 1 is 1.35 bits per heavy atom. The number of aryl methyl sites for hydroxylation is 1. The minimum absolute atomic E-state index is 0.0591. The zero-order valence-corrected chi connectivity index (χ0v) is 14.4. The molecular weight excluding hydrogens is 292 g/mol. The van der Waals surface area contributed by atoms with Gasteiger partial charge in [0.25, 0.3) is 5.91 Å². The SMILES string of the molecule is Cc1ccc(C(C)C)c(OCC(=O)N(C)CC(=O)NC2CC2)c1. The third kappa shape index (κ3) is 5.27. The van der Waals surface area contributed by atoms with Gasteiger partial charge in [-0.15, -0.1) is 0 Å². The first-order chi connectivity index (χ1) is 10.9. The molecule has 0 unspecified atom stereocenters. The first-order valence-electron chi connectivity index (χ1n) is 8.13. The van der Waals surface area contributed by atoms with E-state index in [1.54, 1.807) is 7.05 Å². The number of carbonyl (C=O) groups is 2. The third-order valence-electron chi connectivity index (χ3n) is 3.89. The molecule has 2 amide bonds. The van der Waals surface area contributed by atoms with Crippen LogP contribution in [-0.2, 0) is 9.59 Å². The molecule has 0 atom stereocenters. The highest BCUT2D eigenvalue weighted by Crippen LogP contribution is 2.27. The van der Waals surface area contributed by atoms with Gasteiger partial charge in [-0.1, -0.05) is 26.0 Å². The Balaban J connectivity index is 1.87. The summed E-state index contributed by atoms with van der Waals surface area (Å²) in [4.78, 5) is 25.3. The molecule has 23 heavy (non-hydrogen) atoms. The summed E-state index contributed by atoms with van der Waals surface area (Å²) in [6.45, 7) is 6.19. The van der Waals surface area contributed by atoms with Gasteiger partial charge >= 0.3 is 0 Å². The quantitative estimate of drug-likeness (QED) is 0.839. The van der Waals surface area contributed by atoms with Crippen molar-refractivity contribution in [3.63, 3.8) is 0 Å². The van der Waals surface area contributed by atoms with Gasteiger partial charge in [-0.25, -0.2) is 0 Å². The van der Waals surface area contributed by atoms with Gasteiger partial charge in [-0.3, -0.25) is 9.59 Å². The summed E-state index contributed by atoms with van der Waals surface area (Å²) in [5.41, 5.74) is 2.17. The molecule has 1 aromatic rings. The fourth-order valence-corrected chi connectivity index (χ4v) is 2.30. The van der Waals surface area contributed by atoms with Crippen molar-refractivity contribution in [3.05, 3.63) is 29.3 Å². The maximum absolute atomic E-state index is 12.1. The lowest BCUT2D eigenvalue weighted by atomic mass is 10.0. The largest absolute Gasteiger partial charge is 0.483 e. The first-order valence-corrected chi connectivity index (χ1v) is 8.13. The molecule has 0 bridgehead atoms. The van der Waals surface area contributed by atoms with Crippen molar-refractivity contribution in [1.82, 2.24) is 10.2 Å². The second kappa shape index (κ2) is 7.49. The van der Waals surface area contributed by atoms with Crippen LogP contribution in [-0.4, -0.2) is 43.0 Å². The molecule has 2 rings (SSSR count). The third-order valence-corrected chi connectivity index (χ3v) is 3.89. The first kappa shape index (κ1) is 17.3. The summed E-state index contributed by atoms with van der Waals surface area (Å²) in [6, 6.07) is 6.33. The number of benzene rings is 1. The van der Waals surface area contributed by atoms with E-state index in [2.05, 4.69) is 19.2 Å². The maximum atomic E-state index is 12.1. The molecule has 0 spiro atoms. The Kier molecular flexibility index (Phi) is 5.64. The van der Waals surface area contributed by atoms with Crippen LogP contribution in [0, 0.1) is 6.92 Å². The van der Waals surface area contributed by atoms with E-state index in [0.29, 0.717) is 12.0 Å². The molecule has 0 aromatic heterocycles. The lowest BCUT2D eigenvalue weighted by molar-refractivity contribution is -0.136. The van der Waals surface area contributed by atoms with Crippen molar-refractivity contribution >= 4 is 11.8 Å². The number of hydrogen-bond donors (Lipinski definition) is 1. The number of likely N-dealkylation sites (N-methyl/N-ethyl adjacent to an activating group) is 1. The number of ether oxygens (including phenoxy) is 1. The standard InChI is InChI=1S/C18H26N2O3/c1-12(2)15-8-5-13(3)9-16(15)23-11-18(22)20(4)10-17(21)19-14-6-7-14/h5,8-9,12,14H,6-7,10-11H2,1-4H3,(H,19,21). The Labute approximate surface area is 138 Å². The van der Waals surface area contributed by atoms with Gasteiger partial charge in [-0.05, 0) is 42.9 Å². The van der Waals surface area contributed by atoms with Crippen LogP contribution in [0.4, 0.5) is 0 Å². The smallest absolute Gasteiger partial charge is 0.260 e. The summed E-state index contributed by atoms with van der Waals surface area (Å²) >= 11 is 0. The van der Waals surface area contributed by atoms with Crippen molar-refractivity contribution in [2.75, 3.05) is 20.2 Å². The van der Waals surface area contributed by atoms with Gasteiger partial charge < -0.3 is 15.0 Å². The van der Waals surface area contributed by atoms with Gasteiger partial charge in [-0.2, -0.15) is 0 Å². The summed E-state index contributed by atoms with van der Waals surface area (Å²) < 4.78 is 5.71. The topological polar surface area (TPSA) is 58.6 Å². The number of amides is 2. The fraction of sp³-hybridized carbons (Fsp3) is 0.556. The van der Waals surface area contributed by atoms with E-state index < -0.39 is 0 Å². The predicted octanol–water partition coefficient (Wildman–Crippen LogP) is 2.23. The zero-order valence-electron chi connectivity index (χ0n) is 14.4. The molecule has 1 N–H and O–H groups in total. The lowest BCUT2D eigenvalue weighted by Gasteiger charge is -2.19. The Morgan fingerprint density at radius 2 is 2.04 bits per heavy atom. The lowest BCUT2D eigenvalue weighted by Crippen LogP contribution is -2.41. The minimum atomic E-state index is -0.202. The second-order valence-corrected chi connectivity index (χ2v) is 6.58. The molecule has 0 saturated heterocycles. The van der Waals surface area contributed by atoms with E-state index in [9.17, 15) is 9.59 Å². The molecule has 0 heterocycles.